The Morgan fingerprint density at radius 1 is 1.20 bits per heavy atom. The minimum Gasteiger partial charge on any atom is -0.354 e. The fourth-order valence-corrected chi connectivity index (χ4v) is 2.69. The Kier molecular flexibility index (Phi) is 4.11. The minimum atomic E-state index is 0.177. The maximum Gasteiger partial charge on any atom is 0.256 e. The maximum absolute atomic E-state index is 5.95. The predicted octanol–water partition coefficient (Wildman–Crippen LogP) is 2.70. The van der Waals surface area contributed by atoms with Crippen LogP contribution in [0.25, 0.3) is 5.95 Å². The van der Waals surface area contributed by atoms with Crippen molar-refractivity contribution in [2.24, 2.45) is 5.92 Å². The lowest BCUT2D eigenvalue weighted by atomic mass is 9.89. The van der Waals surface area contributed by atoms with Crippen molar-refractivity contribution in [2.75, 3.05) is 11.9 Å². The van der Waals surface area contributed by atoms with Gasteiger partial charge in [-0.15, -0.1) is 0 Å². The highest BCUT2D eigenvalue weighted by atomic mass is 35.5. The molecule has 3 rings (SSSR count). The average Bonchev–Trinajstić information content (AvgIpc) is 3.00. The summed E-state index contributed by atoms with van der Waals surface area (Å²) in [4.78, 5) is 12.5. The van der Waals surface area contributed by atoms with Crippen LogP contribution in [-0.4, -0.2) is 31.3 Å². The Balaban J connectivity index is 1.69. The Morgan fingerprint density at radius 3 is 2.80 bits per heavy atom. The fourth-order valence-electron chi connectivity index (χ4n) is 2.54. The summed E-state index contributed by atoms with van der Waals surface area (Å²) in [5.41, 5.74) is 0. The Bertz CT molecular complexity index is 550. The van der Waals surface area contributed by atoms with E-state index < -0.39 is 0 Å². The van der Waals surface area contributed by atoms with E-state index in [1.165, 1.54) is 32.1 Å². The number of halogens is 1. The molecule has 1 fully saturated rings. The molecule has 0 bridgehead atoms. The third-order valence-electron chi connectivity index (χ3n) is 3.58. The Labute approximate surface area is 122 Å². The lowest BCUT2D eigenvalue weighted by Crippen LogP contribution is -2.19. The summed E-state index contributed by atoms with van der Waals surface area (Å²) in [7, 11) is 0. The number of rotatable bonds is 4. The first-order valence-electron chi connectivity index (χ1n) is 6.97. The zero-order valence-electron chi connectivity index (χ0n) is 11.2. The van der Waals surface area contributed by atoms with Crippen LogP contribution in [0.5, 0.6) is 0 Å². The molecule has 0 amide bonds. The summed E-state index contributed by atoms with van der Waals surface area (Å²) in [6, 6.07) is 1.81. The van der Waals surface area contributed by atoms with E-state index in [0.717, 1.165) is 6.54 Å². The SMILES string of the molecule is Clc1nc(NCC2CCCCC2)nc(-n2cccn2)n1. The molecule has 0 atom stereocenters. The van der Waals surface area contributed by atoms with Gasteiger partial charge >= 0.3 is 0 Å². The zero-order chi connectivity index (χ0) is 13.8. The fraction of sp³-hybridized carbons (Fsp3) is 0.538. The van der Waals surface area contributed by atoms with Crippen molar-refractivity contribution in [3.05, 3.63) is 23.7 Å². The summed E-state index contributed by atoms with van der Waals surface area (Å²) >= 11 is 5.95. The maximum atomic E-state index is 5.95. The van der Waals surface area contributed by atoms with Crippen molar-refractivity contribution < 1.29 is 0 Å². The van der Waals surface area contributed by atoms with Gasteiger partial charge in [0.15, 0.2) is 0 Å². The molecule has 1 aliphatic rings. The van der Waals surface area contributed by atoms with Crippen LogP contribution in [0.3, 0.4) is 0 Å². The molecule has 6 nitrogen and oxygen atoms in total. The topological polar surface area (TPSA) is 68.5 Å². The smallest absolute Gasteiger partial charge is 0.256 e. The molecular formula is C13H17ClN6. The minimum absolute atomic E-state index is 0.177. The van der Waals surface area contributed by atoms with Crippen molar-refractivity contribution in [1.82, 2.24) is 24.7 Å². The van der Waals surface area contributed by atoms with Crippen LogP contribution >= 0.6 is 11.6 Å². The quantitative estimate of drug-likeness (QED) is 0.938. The number of nitrogens with zero attached hydrogens (tertiary/aromatic N) is 5. The molecule has 2 heterocycles. The van der Waals surface area contributed by atoms with Gasteiger partial charge in [0.2, 0.25) is 11.2 Å². The van der Waals surface area contributed by atoms with Crippen molar-refractivity contribution in [1.29, 1.82) is 0 Å². The van der Waals surface area contributed by atoms with Crippen LogP contribution in [0.1, 0.15) is 32.1 Å². The summed E-state index contributed by atoms with van der Waals surface area (Å²) in [5.74, 6) is 1.65. The highest BCUT2D eigenvalue weighted by Crippen LogP contribution is 2.23. The van der Waals surface area contributed by atoms with Gasteiger partial charge in [-0.05, 0) is 36.4 Å². The number of hydrogen-bond donors (Lipinski definition) is 1. The van der Waals surface area contributed by atoms with Gasteiger partial charge in [-0.1, -0.05) is 19.3 Å². The van der Waals surface area contributed by atoms with Crippen LogP contribution in [0.2, 0.25) is 5.28 Å². The predicted molar refractivity (Wildman–Crippen MR) is 77.0 cm³/mol. The van der Waals surface area contributed by atoms with Gasteiger partial charge in [0.1, 0.15) is 0 Å². The van der Waals surface area contributed by atoms with Gasteiger partial charge in [-0.25, -0.2) is 4.68 Å². The molecule has 1 saturated carbocycles. The molecule has 2 aromatic heterocycles. The number of anilines is 1. The molecule has 7 heteroatoms. The summed E-state index contributed by atoms with van der Waals surface area (Å²) < 4.78 is 1.57. The number of aromatic nitrogens is 5. The second-order valence-electron chi connectivity index (χ2n) is 5.06. The molecule has 0 radical (unpaired) electrons. The van der Waals surface area contributed by atoms with E-state index in [0.29, 0.717) is 17.8 Å². The summed E-state index contributed by atoms with van der Waals surface area (Å²) in [6.45, 7) is 0.888. The van der Waals surface area contributed by atoms with Gasteiger partial charge in [-0.2, -0.15) is 20.1 Å². The first kappa shape index (κ1) is 13.3. The summed E-state index contributed by atoms with van der Waals surface area (Å²) in [5, 5.41) is 7.54. The zero-order valence-corrected chi connectivity index (χ0v) is 11.9. The van der Waals surface area contributed by atoms with E-state index in [2.05, 4.69) is 25.4 Å². The highest BCUT2D eigenvalue weighted by molar-refractivity contribution is 6.28. The Morgan fingerprint density at radius 2 is 2.05 bits per heavy atom. The molecule has 1 aliphatic carbocycles. The third-order valence-corrected chi connectivity index (χ3v) is 3.75. The van der Waals surface area contributed by atoms with Gasteiger partial charge < -0.3 is 5.32 Å². The molecule has 0 aromatic carbocycles. The monoisotopic (exact) mass is 292 g/mol. The van der Waals surface area contributed by atoms with Gasteiger partial charge in [-0.3, -0.25) is 0 Å². The normalized spacial score (nSPS) is 16.2. The van der Waals surface area contributed by atoms with E-state index in [1.807, 2.05) is 6.07 Å². The first-order valence-corrected chi connectivity index (χ1v) is 7.34. The molecule has 20 heavy (non-hydrogen) atoms. The van der Waals surface area contributed by atoms with Crippen LogP contribution in [0.15, 0.2) is 18.5 Å². The highest BCUT2D eigenvalue weighted by Gasteiger charge is 2.14. The molecule has 0 aliphatic heterocycles. The van der Waals surface area contributed by atoms with E-state index in [4.69, 9.17) is 11.6 Å². The molecule has 0 saturated heterocycles. The molecular weight excluding hydrogens is 276 g/mol. The van der Waals surface area contributed by atoms with Crippen LogP contribution in [-0.2, 0) is 0 Å². The van der Waals surface area contributed by atoms with E-state index in [-0.39, 0.29) is 5.28 Å². The second-order valence-corrected chi connectivity index (χ2v) is 5.40. The van der Waals surface area contributed by atoms with Crippen molar-refractivity contribution in [3.8, 4) is 5.95 Å². The lowest BCUT2D eigenvalue weighted by molar-refractivity contribution is 0.373. The molecule has 0 unspecified atom stereocenters. The average molecular weight is 293 g/mol. The van der Waals surface area contributed by atoms with Crippen LogP contribution in [0.4, 0.5) is 5.95 Å². The van der Waals surface area contributed by atoms with Gasteiger partial charge in [0.05, 0.1) is 0 Å². The molecule has 1 N–H and O–H groups in total. The van der Waals surface area contributed by atoms with Crippen molar-refractivity contribution in [3.63, 3.8) is 0 Å². The van der Waals surface area contributed by atoms with Gasteiger partial charge in [0, 0.05) is 18.9 Å². The van der Waals surface area contributed by atoms with Crippen molar-refractivity contribution in [2.45, 2.75) is 32.1 Å². The number of nitrogens with one attached hydrogen (secondary N) is 1. The van der Waals surface area contributed by atoms with Crippen LogP contribution < -0.4 is 5.32 Å². The van der Waals surface area contributed by atoms with Gasteiger partial charge in [0.25, 0.3) is 5.95 Å². The lowest BCUT2D eigenvalue weighted by Gasteiger charge is -2.21. The van der Waals surface area contributed by atoms with E-state index in [1.54, 1.807) is 17.1 Å². The molecule has 0 spiro atoms. The molecule has 106 valence electrons. The van der Waals surface area contributed by atoms with Crippen LogP contribution in [0, 0.1) is 5.92 Å². The van der Waals surface area contributed by atoms with E-state index >= 15 is 0 Å². The first-order chi connectivity index (χ1) is 9.81. The summed E-state index contributed by atoms with van der Waals surface area (Å²) in [6.07, 6.45) is 10.0. The second kappa shape index (κ2) is 6.17. The molecule has 2 aromatic rings. The number of hydrogen-bond acceptors (Lipinski definition) is 5. The van der Waals surface area contributed by atoms with E-state index in [9.17, 15) is 0 Å². The Hall–Kier alpha value is -1.69. The standard InChI is InChI=1S/C13H17ClN6/c14-11-17-12(15-9-10-5-2-1-3-6-10)19-13(18-11)20-8-4-7-16-20/h4,7-8,10H,1-3,5-6,9H2,(H,15,17,18,19). The largest absolute Gasteiger partial charge is 0.354 e. The van der Waals surface area contributed by atoms with Crippen molar-refractivity contribution >= 4 is 17.5 Å². The third kappa shape index (κ3) is 3.25.